The summed E-state index contributed by atoms with van der Waals surface area (Å²) >= 11 is 0. The van der Waals surface area contributed by atoms with Crippen LogP contribution in [0.25, 0.3) is 0 Å². The predicted molar refractivity (Wildman–Crippen MR) is 52.1 cm³/mol. The number of nitrogens with zero attached hydrogens (tertiary/aromatic N) is 1. The first kappa shape index (κ1) is 9.44. The molecule has 0 aromatic heterocycles. The van der Waals surface area contributed by atoms with Gasteiger partial charge >= 0.3 is 0 Å². The molecule has 3 nitrogen and oxygen atoms in total. The van der Waals surface area contributed by atoms with Gasteiger partial charge in [-0.05, 0) is 19.3 Å². The van der Waals surface area contributed by atoms with E-state index in [2.05, 4.69) is 5.06 Å². The predicted octanol–water partition coefficient (Wildman–Crippen LogP) is 1.28. The molecular formula is C10H20N2O. The first-order chi connectivity index (χ1) is 6.40. The Kier molecular flexibility index (Phi) is 3.19. The average molecular weight is 184 g/mol. The highest BCUT2D eigenvalue weighted by Gasteiger charge is 2.29. The van der Waals surface area contributed by atoms with Gasteiger partial charge < -0.3 is 5.73 Å². The van der Waals surface area contributed by atoms with E-state index in [-0.39, 0.29) is 0 Å². The van der Waals surface area contributed by atoms with Crippen LogP contribution in [0.4, 0.5) is 0 Å². The average Bonchev–Trinajstić information content (AvgIpc) is 2.67. The third-order valence-electron chi connectivity index (χ3n) is 3.20. The third-order valence-corrected chi connectivity index (χ3v) is 3.20. The number of hydroxylamine groups is 2. The molecule has 76 valence electrons. The van der Waals surface area contributed by atoms with E-state index in [0.29, 0.717) is 18.7 Å². The van der Waals surface area contributed by atoms with Crippen molar-refractivity contribution >= 4 is 0 Å². The molecule has 1 saturated carbocycles. The van der Waals surface area contributed by atoms with Crippen molar-refractivity contribution in [2.75, 3.05) is 13.1 Å². The third kappa shape index (κ3) is 2.22. The van der Waals surface area contributed by atoms with Crippen LogP contribution in [0, 0.1) is 0 Å². The molecule has 1 heterocycles. The van der Waals surface area contributed by atoms with Crippen LogP contribution in [0.2, 0.25) is 0 Å². The van der Waals surface area contributed by atoms with Crippen LogP contribution in [0.1, 0.15) is 38.5 Å². The first-order valence-electron chi connectivity index (χ1n) is 5.53. The SMILES string of the molecule is NCC1CCN(C2CCCCC2)O1. The Hall–Kier alpha value is -0.120. The molecule has 2 fully saturated rings. The van der Waals surface area contributed by atoms with Crippen LogP contribution < -0.4 is 5.73 Å². The van der Waals surface area contributed by atoms with E-state index in [1.54, 1.807) is 0 Å². The van der Waals surface area contributed by atoms with Crippen molar-refractivity contribution in [1.29, 1.82) is 0 Å². The Morgan fingerprint density at radius 1 is 1.15 bits per heavy atom. The van der Waals surface area contributed by atoms with Gasteiger partial charge in [-0.15, -0.1) is 0 Å². The molecule has 0 amide bonds. The van der Waals surface area contributed by atoms with Gasteiger partial charge in [0.1, 0.15) is 0 Å². The number of rotatable bonds is 2. The lowest BCUT2D eigenvalue weighted by molar-refractivity contribution is -0.175. The van der Waals surface area contributed by atoms with E-state index >= 15 is 0 Å². The first-order valence-corrected chi connectivity index (χ1v) is 5.53. The Morgan fingerprint density at radius 2 is 1.92 bits per heavy atom. The summed E-state index contributed by atoms with van der Waals surface area (Å²) in [5.41, 5.74) is 5.57. The monoisotopic (exact) mass is 184 g/mol. The molecule has 2 N–H and O–H groups in total. The second-order valence-electron chi connectivity index (χ2n) is 4.18. The fourth-order valence-corrected chi connectivity index (χ4v) is 2.37. The van der Waals surface area contributed by atoms with Gasteiger partial charge in [-0.1, -0.05) is 19.3 Å². The number of nitrogens with two attached hydrogens (primary N) is 1. The molecule has 1 aliphatic carbocycles. The van der Waals surface area contributed by atoms with Crippen LogP contribution in [0.5, 0.6) is 0 Å². The molecule has 0 bridgehead atoms. The maximum absolute atomic E-state index is 5.76. The Balaban J connectivity index is 1.80. The number of hydrogen-bond donors (Lipinski definition) is 1. The maximum Gasteiger partial charge on any atom is 0.0928 e. The zero-order valence-corrected chi connectivity index (χ0v) is 8.24. The van der Waals surface area contributed by atoms with Gasteiger partial charge in [-0.25, -0.2) is 0 Å². The van der Waals surface area contributed by atoms with Gasteiger partial charge in [0.05, 0.1) is 6.10 Å². The lowest BCUT2D eigenvalue weighted by atomic mass is 9.95. The Bertz CT molecular complexity index is 157. The highest BCUT2D eigenvalue weighted by Crippen LogP contribution is 2.26. The summed E-state index contributed by atoms with van der Waals surface area (Å²) in [5.74, 6) is 0. The largest absolute Gasteiger partial charge is 0.328 e. The quantitative estimate of drug-likeness (QED) is 0.702. The second kappa shape index (κ2) is 4.40. The number of hydrogen-bond acceptors (Lipinski definition) is 3. The molecule has 0 aromatic rings. The van der Waals surface area contributed by atoms with Crippen molar-refractivity contribution < 1.29 is 4.84 Å². The maximum atomic E-state index is 5.76. The van der Waals surface area contributed by atoms with Crippen LogP contribution in [-0.4, -0.2) is 30.3 Å². The molecule has 1 unspecified atom stereocenters. The summed E-state index contributed by atoms with van der Waals surface area (Å²) in [6.07, 6.45) is 8.20. The van der Waals surface area contributed by atoms with E-state index in [9.17, 15) is 0 Å². The fourth-order valence-electron chi connectivity index (χ4n) is 2.37. The molecule has 2 aliphatic rings. The topological polar surface area (TPSA) is 38.5 Å². The van der Waals surface area contributed by atoms with Crippen molar-refractivity contribution in [2.45, 2.75) is 50.7 Å². The molecule has 3 heteroatoms. The van der Waals surface area contributed by atoms with E-state index in [4.69, 9.17) is 10.6 Å². The molecular weight excluding hydrogens is 164 g/mol. The zero-order valence-electron chi connectivity index (χ0n) is 8.24. The van der Waals surface area contributed by atoms with Crippen LogP contribution >= 0.6 is 0 Å². The zero-order chi connectivity index (χ0) is 9.10. The van der Waals surface area contributed by atoms with Gasteiger partial charge in [-0.3, -0.25) is 4.84 Å². The summed E-state index contributed by atoms with van der Waals surface area (Å²) < 4.78 is 0. The van der Waals surface area contributed by atoms with Gasteiger partial charge in [0, 0.05) is 19.1 Å². The van der Waals surface area contributed by atoms with Crippen molar-refractivity contribution in [3.05, 3.63) is 0 Å². The molecule has 1 saturated heterocycles. The van der Waals surface area contributed by atoms with E-state index < -0.39 is 0 Å². The molecule has 0 spiro atoms. The highest BCUT2D eigenvalue weighted by molar-refractivity contribution is 4.76. The van der Waals surface area contributed by atoms with E-state index in [1.165, 1.54) is 32.1 Å². The van der Waals surface area contributed by atoms with Crippen LogP contribution in [0.15, 0.2) is 0 Å². The van der Waals surface area contributed by atoms with Crippen molar-refractivity contribution in [3.63, 3.8) is 0 Å². The van der Waals surface area contributed by atoms with Crippen molar-refractivity contribution in [2.24, 2.45) is 5.73 Å². The van der Waals surface area contributed by atoms with Gasteiger partial charge in [0.2, 0.25) is 0 Å². The summed E-state index contributed by atoms with van der Waals surface area (Å²) in [7, 11) is 0. The van der Waals surface area contributed by atoms with Gasteiger partial charge in [0.25, 0.3) is 0 Å². The summed E-state index contributed by atoms with van der Waals surface area (Å²) in [6.45, 7) is 1.76. The Morgan fingerprint density at radius 3 is 2.54 bits per heavy atom. The van der Waals surface area contributed by atoms with Gasteiger partial charge in [-0.2, -0.15) is 5.06 Å². The normalized spacial score (nSPS) is 32.5. The summed E-state index contributed by atoms with van der Waals surface area (Å²) in [5, 5.41) is 2.19. The lowest BCUT2D eigenvalue weighted by Gasteiger charge is -2.29. The van der Waals surface area contributed by atoms with Crippen molar-refractivity contribution in [3.8, 4) is 0 Å². The van der Waals surface area contributed by atoms with E-state index in [0.717, 1.165) is 13.0 Å². The second-order valence-corrected chi connectivity index (χ2v) is 4.18. The summed E-state index contributed by atoms with van der Waals surface area (Å²) in [6, 6.07) is 0.685. The van der Waals surface area contributed by atoms with Crippen LogP contribution in [0.3, 0.4) is 0 Å². The van der Waals surface area contributed by atoms with Crippen molar-refractivity contribution in [1.82, 2.24) is 5.06 Å². The fraction of sp³-hybridized carbons (Fsp3) is 1.00. The minimum absolute atomic E-state index is 0.293. The Labute approximate surface area is 80.2 Å². The van der Waals surface area contributed by atoms with Crippen LogP contribution in [-0.2, 0) is 4.84 Å². The minimum atomic E-state index is 0.293. The smallest absolute Gasteiger partial charge is 0.0928 e. The molecule has 2 rings (SSSR count). The molecule has 0 aromatic carbocycles. The molecule has 1 atom stereocenters. The highest BCUT2D eigenvalue weighted by atomic mass is 16.7. The molecule has 0 radical (unpaired) electrons. The summed E-state index contributed by atoms with van der Waals surface area (Å²) in [4.78, 5) is 5.76. The minimum Gasteiger partial charge on any atom is -0.328 e. The standard InChI is InChI=1S/C10H20N2O/c11-8-10-6-7-12(13-10)9-4-2-1-3-5-9/h9-10H,1-8,11H2. The lowest BCUT2D eigenvalue weighted by Crippen LogP contribution is -2.34. The molecule has 1 aliphatic heterocycles. The van der Waals surface area contributed by atoms with Gasteiger partial charge in [0.15, 0.2) is 0 Å². The van der Waals surface area contributed by atoms with E-state index in [1.807, 2.05) is 0 Å². The molecule has 13 heavy (non-hydrogen) atoms.